The molecule has 1 heterocycles. The second-order valence-electron chi connectivity index (χ2n) is 6.79. The van der Waals surface area contributed by atoms with E-state index in [1.54, 1.807) is 19.1 Å². The van der Waals surface area contributed by atoms with Crippen LogP contribution in [0.25, 0.3) is 11.1 Å². The Balaban J connectivity index is 1.61. The summed E-state index contributed by atoms with van der Waals surface area (Å²) in [7, 11) is 0. The van der Waals surface area contributed by atoms with Gasteiger partial charge in [0.2, 0.25) is 5.82 Å². The lowest BCUT2D eigenvalue weighted by molar-refractivity contribution is -0.181. The summed E-state index contributed by atoms with van der Waals surface area (Å²) in [6.45, 7) is 5.38. The van der Waals surface area contributed by atoms with Crippen molar-refractivity contribution in [2.24, 2.45) is 5.92 Å². The van der Waals surface area contributed by atoms with Gasteiger partial charge in [-0.15, -0.1) is 0 Å². The molecule has 27 heavy (non-hydrogen) atoms. The van der Waals surface area contributed by atoms with Gasteiger partial charge in [-0.05, 0) is 48.9 Å². The van der Waals surface area contributed by atoms with E-state index in [-0.39, 0.29) is 24.2 Å². The Hall–Kier alpha value is -1.98. The van der Waals surface area contributed by atoms with Crippen LogP contribution in [-0.4, -0.2) is 19.5 Å². The van der Waals surface area contributed by atoms with E-state index in [0.29, 0.717) is 18.1 Å². The topological polar surface area (TPSA) is 27.7 Å². The number of halogens is 2. The van der Waals surface area contributed by atoms with Crippen LogP contribution in [0.4, 0.5) is 8.78 Å². The summed E-state index contributed by atoms with van der Waals surface area (Å²) in [5.41, 5.74) is 1.79. The molecule has 5 heteroatoms. The molecule has 146 valence electrons. The summed E-state index contributed by atoms with van der Waals surface area (Å²) in [6, 6.07) is 10.3. The van der Waals surface area contributed by atoms with Gasteiger partial charge in [-0.2, -0.15) is 4.39 Å². The van der Waals surface area contributed by atoms with Gasteiger partial charge in [0.15, 0.2) is 17.9 Å². The molecule has 2 aromatic carbocycles. The van der Waals surface area contributed by atoms with E-state index in [0.717, 1.165) is 31.4 Å². The Bertz CT molecular complexity index is 738. The maximum Gasteiger partial charge on any atom is 0.201 e. The van der Waals surface area contributed by atoms with E-state index in [4.69, 9.17) is 14.2 Å². The molecule has 3 rings (SSSR count). The highest BCUT2D eigenvalue weighted by Crippen LogP contribution is 2.30. The number of rotatable bonds is 7. The minimum atomic E-state index is -0.957. The van der Waals surface area contributed by atoms with Gasteiger partial charge >= 0.3 is 0 Å². The van der Waals surface area contributed by atoms with Crippen molar-refractivity contribution in [3.05, 3.63) is 53.6 Å². The molecule has 2 aromatic rings. The van der Waals surface area contributed by atoms with Crippen LogP contribution < -0.4 is 4.74 Å². The highest BCUT2D eigenvalue weighted by Gasteiger charge is 2.21. The Labute approximate surface area is 159 Å². The Morgan fingerprint density at radius 1 is 1.00 bits per heavy atom. The maximum atomic E-state index is 14.3. The van der Waals surface area contributed by atoms with Crippen LogP contribution >= 0.6 is 0 Å². The van der Waals surface area contributed by atoms with Gasteiger partial charge in [0, 0.05) is 5.56 Å². The Morgan fingerprint density at radius 2 is 1.78 bits per heavy atom. The second kappa shape index (κ2) is 9.29. The van der Waals surface area contributed by atoms with E-state index in [1.165, 1.54) is 12.1 Å². The fourth-order valence-electron chi connectivity index (χ4n) is 3.23. The van der Waals surface area contributed by atoms with Crippen LogP contribution in [0.2, 0.25) is 0 Å². The van der Waals surface area contributed by atoms with E-state index in [9.17, 15) is 8.78 Å². The van der Waals surface area contributed by atoms with Crippen LogP contribution in [0.5, 0.6) is 5.75 Å². The van der Waals surface area contributed by atoms with Crippen molar-refractivity contribution in [2.75, 3.05) is 13.2 Å². The third kappa shape index (κ3) is 4.85. The third-order valence-electron chi connectivity index (χ3n) is 4.95. The van der Waals surface area contributed by atoms with Crippen molar-refractivity contribution in [1.29, 1.82) is 0 Å². The first kappa shape index (κ1) is 19.8. The predicted molar refractivity (Wildman–Crippen MR) is 101 cm³/mol. The van der Waals surface area contributed by atoms with Crippen LogP contribution in [-0.2, 0) is 16.1 Å². The highest BCUT2D eigenvalue weighted by atomic mass is 19.2. The number of benzene rings is 2. The minimum absolute atomic E-state index is 0.0680. The lowest BCUT2D eigenvalue weighted by Crippen LogP contribution is -2.27. The quantitative estimate of drug-likeness (QED) is 0.619. The molecule has 0 N–H and O–H groups in total. The third-order valence-corrected chi connectivity index (χ3v) is 4.95. The molecule has 2 unspecified atom stereocenters. The molecular formula is C22H26F2O3. The molecule has 1 aliphatic heterocycles. The van der Waals surface area contributed by atoms with Gasteiger partial charge in [0.1, 0.15) is 0 Å². The summed E-state index contributed by atoms with van der Waals surface area (Å²) < 4.78 is 45.0. The van der Waals surface area contributed by atoms with Crippen molar-refractivity contribution in [3.63, 3.8) is 0 Å². The monoisotopic (exact) mass is 376 g/mol. The first-order valence-electron chi connectivity index (χ1n) is 9.55. The highest BCUT2D eigenvalue weighted by molar-refractivity contribution is 5.65. The zero-order valence-corrected chi connectivity index (χ0v) is 15.8. The second-order valence-corrected chi connectivity index (χ2v) is 6.79. The number of ether oxygens (including phenoxy) is 3. The van der Waals surface area contributed by atoms with Crippen molar-refractivity contribution >= 4 is 0 Å². The summed E-state index contributed by atoms with van der Waals surface area (Å²) in [6.07, 6.45) is 3.01. The van der Waals surface area contributed by atoms with Crippen molar-refractivity contribution in [2.45, 2.75) is 46.0 Å². The van der Waals surface area contributed by atoms with Crippen LogP contribution in [0.15, 0.2) is 36.4 Å². The number of hydrogen-bond donors (Lipinski definition) is 0. The molecule has 1 saturated heterocycles. The number of hydrogen-bond acceptors (Lipinski definition) is 3. The van der Waals surface area contributed by atoms with Crippen LogP contribution in [0.3, 0.4) is 0 Å². The smallest absolute Gasteiger partial charge is 0.201 e. The van der Waals surface area contributed by atoms with Gasteiger partial charge in [-0.25, -0.2) is 4.39 Å². The van der Waals surface area contributed by atoms with E-state index in [1.807, 2.05) is 12.1 Å². The SMILES string of the molecule is CCOc1ccc(-c2ccc(COC3CCC(CC)CO3)cc2)c(F)c1F. The van der Waals surface area contributed by atoms with E-state index in [2.05, 4.69) is 6.92 Å². The molecule has 0 amide bonds. The first-order valence-corrected chi connectivity index (χ1v) is 9.55. The van der Waals surface area contributed by atoms with Crippen molar-refractivity contribution in [1.82, 2.24) is 0 Å². The molecule has 3 nitrogen and oxygen atoms in total. The van der Waals surface area contributed by atoms with Crippen molar-refractivity contribution in [3.8, 4) is 16.9 Å². The molecular weight excluding hydrogens is 350 g/mol. The zero-order valence-electron chi connectivity index (χ0n) is 15.8. The molecule has 0 bridgehead atoms. The van der Waals surface area contributed by atoms with Crippen LogP contribution in [0.1, 0.15) is 38.7 Å². The molecule has 0 radical (unpaired) electrons. The average Bonchev–Trinajstić information content (AvgIpc) is 2.71. The van der Waals surface area contributed by atoms with E-state index >= 15 is 0 Å². The minimum Gasteiger partial charge on any atom is -0.491 e. The summed E-state index contributed by atoms with van der Waals surface area (Å²) in [5.74, 6) is -1.29. The largest absolute Gasteiger partial charge is 0.491 e. The van der Waals surface area contributed by atoms with Gasteiger partial charge in [-0.3, -0.25) is 0 Å². The zero-order chi connectivity index (χ0) is 19.2. The predicted octanol–water partition coefficient (Wildman–Crippen LogP) is 5.71. The summed E-state index contributed by atoms with van der Waals surface area (Å²) >= 11 is 0. The Morgan fingerprint density at radius 3 is 2.41 bits per heavy atom. The summed E-state index contributed by atoms with van der Waals surface area (Å²) in [4.78, 5) is 0. The fourth-order valence-corrected chi connectivity index (χ4v) is 3.23. The lowest BCUT2D eigenvalue weighted by Gasteiger charge is -2.28. The lowest BCUT2D eigenvalue weighted by atomic mass is 9.99. The normalized spacial score (nSPS) is 19.9. The average molecular weight is 376 g/mol. The Kier molecular flexibility index (Phi) is 6.80. The fraction of sp³-hybridized carbons (Fsp3) is 0.455. The molecule has 0 saturated carbocycles. The van der Waals surface area contributed by atoms with Crippen molar-refractivity contribution < 1.29 is 23.0 Å². The van der Waals surface area contributed by atoms with Gasteiger partial charge in [0.05, 0.1) is 19.8 Å². The summed E-state index contributed by atoms with van der Waals surface area (Å²) in [5, 5.41) is 0. The standard InChI is InChI=1S/C22H26F2O3/c1-3-15-7-12-20(26-13-15)27-14-16-5-8-17(9-6-16)18-10-11-19(25-4-2)22(24)21(18)23/h5-6,8-11,15,20H,3-4,7,12-14H2,1-2H3. The van der Waals surface area contributed by atoms with Gasteiger partial charge < -0.3 is 14.2 Å². The maximum absolute atomic E-state index is 14.3. The molecule has 0 aromatic heterocycles. The van der Waals surface area contributed by atoms with E-state index < -0.39 is 11.6 Å². The molecule has 2 atom stereocenters. The van der Waals surface area contributed by atoms with Gasteiger partial charge in [-0.1, -0.05) is 37.6 Å². The molecule has 0 spiro atoms. The first-order chi connectivity index (χ1) is 13.1. The van der Waals surface area contributed by atoms with Gasteiger partial charge in [0.25, 0.3) is 0 Å². The molecule has 0 aliphatic carbocycles. The van der Waals surface area contributed by atoms with Crippen LogP contribution in [0, 0.1) is 17.6 Å². The molecule has 1 aliphatic rings. The molecule has 1 fully saturated rings.